The van der Waals surface area contributed by atoms with E-state index >= 15 is 0 Å². The van der Waals surface area contributed by atoms with Crippen molar-refractivity contribution in [3.05, 3.63) is 23.3 Å². The summed E-state index contributed by atoms with van der Waals surface area (Å²) in [5.74, 6) is -0.506. The molecule has 6 atom stereocenters. The second kappa shape index (κ2) is 7.17. The first-order valence-electron chi connectivity index (χ1n) is 12.7. The van der Waals surface area contributed by atoms with E-state index < -0.39 is 5.79 Å². The molecule has 5 unspecified atom stereocenters. The number of carbonyl (C=O) groups excluding carboxylic acids is 2. The molecule has 0 bridgehead atoms. The van der Waals surface area contributed by atoms with Crippen molar-refractivity contribution in [1.29, 1.82) is 0 Å². The van der Waals surface area contributed by atoms with E-state index in [-0.39, 0.29) is 40.0 Å². The third-order valence-corrected chi connectivity index (χ3v) is 10.7. The Bertz CT molecular complexity index is 932. The summed E-state index contributed by atoms with van der Waals surface area (Å²) >= 11 is 0. The van der Waals surface area contributed by atoms with Gasteiger partial charge in [-0.2, -0.15) is 0 Å². The van der Waals surface area contributed by atoms with Crippen molar-refractivity contribution >= 4 is 11.9 Å². The summed E-state index contributed by atoms with van der Waals surface area (Å²) in [7, 11) is 1.50. The summed E-state index contributed by atoms with van der Waals surface area (Å²) < 4.78 is 23.1. The minimum Gasteiger partial charge on any atom is -0.469 e. The smallest absolute Gasteiger partial charge is 0.313 e. The second-order valence-electron chi connectivity index (χ2n) is 11.8. The Kier molecular flexibility index (Phi) is 4.75. The molecule has 6 aliphatic rings. The van der Waals surface area contributed by atoms with Crippen LogP contribution in [0.1, 0.15) is 65.2 Å². The van der Waals surface area contributed by atoms with E-state index in [1.807, 2.05) is 0 Å². The minimum absolute atomic E-state index is 0.0152. The van der Waals surface area contributed by atoms with Gasteiger partial charge in [-0.15, -0.1) is 0 Å². The normalized spacial score (nSPS) is 45.5. The fourth-order valence-corrected chi connectivity index (χ4v) is 8.60. The largest absolute Gasteiger partial charge is 0.469 e. The van der Waals surface area contributed by atoms with Crippen LogP contribution < -0.4 is 0 Å². The third-order valence-electron chi connectivity index (χ3n) is 10.7. The van der Waals surface area contributed by atoms with Crippen molar-refractivity contribution in [2.75, 3.05) is 26.9 Å². The molecule has 0 aromatic rings. The summed E-state index contributed by atoms with van der Waals surface area (Å²) in [5.41, 5.74) is 2.67. The zero-order chi connectivity index (χ0) is 23.1. The average Bonchev–Trinajstić information content (AvgIpc) is 3.38. The summed E-state index contributed by atoms with van der Waals surface area (Å²) in [5, 5.41) is 0. The molecule has 4 fully saturated rings. The molecule has 2 saturated heterocycles. The Labute approximate surface area is 196 Å². The van der Waals surface area contributed by atoms with Crippen LogP contribution in [0.4, 0.5) is 0 Å². The maximum atomic E-state index is 13.2. The van der Waals surface area contributed by atoms with Crippen molar-refractivity contribution < 1.29 is 28.5 Å². The van der Waals surface area contributed by atoms with E-state index in [1.54, 1.807) is 0 Å². The maximum absolute atomic E-state index is 13.2. The Morgan fingerprint density at radius 2 is 1.91 bits per heavy atom. The van der Waals surface area contributed by atoms with Gasteiger partial charge in [0.25, 0.3) is 0 Å². The fourth-order valence-electron chi connectivity index (χ4n) is 8.60. The lowest BCUT2D eigenvalue weighted by Gasteiger charge is -2.58. The fraction of sp³-hybridized carbons (Fsp3) is 0.778. The van der Waals surface area contributed by atoms with Crippen molar-refractivity contribution in [2.24, 2.45) is 34.0 Å². The Morgan fingerprint density at radius 3 is 2.61 bits per heavy atom. The summed E-state index contributed by atoms with van der Waals surface area (Å²) in [6.07, 6.45) is 11.8. The van der Waals surface area contributed by atoms with Crippen LogP contribution in [-0.2, 0) is 28.5 Å². The number of esters is 2. The molecule has 0 aromatic heterocycles. The van der Waals surface area contributed by atoms with Gasteiger partial charge in [0.15, 0.2) is 5.79 Å². The molecular weight excluding hydrogens is 420 g/mol. The zero-order valence-corrected chi connectivity index (χ0v) is 20.1. The SMILES string of the molecule is COC(=O)[C@@H]1C=C2CC3(CCC2(C)C2=CCC4(C)C(CCC45CCC(=O)OC5)C21)OCCO3. The van der Waals surface area contributed by atoms with Crippen molar-refractivity contribution in [2.45, 2.75) is 71.0 Å². The number of rotatable bonds is 1. The summed E-state index contributed by atoms with van der Waals surface area (Å²) in [6, 6.07) is 0. The third kappa shape index (κ3) is 2.86. The molecule has 0 radical (unpaired) electrons. The topological polar surface area (TPSA) is 71.1 Å². The lowest BCUT2D eigenvalue weighted by atomic mass is 9.47. The van der Waals surface area contributed by atoms with Crippen LogP contribution in [0.5, 0.6) is 0 Å². The molecule has 2 saturated carbocycles. The highest BCUT2D eigenvalue weighted by atomic mass is 16.7. The standard InChI is InChI=1S/C27H36O6/c1-24-10-11-27(32-12-13-33-27)15-17(24)14-18(23(29)30-3)22-19(24)4-7-25(2)20(22)5-8-26(25)9-6-21(28)31-16-26/h4,14,18,20,22H,5-13,15-16H2,1-3H3/t18-,20?,22?,24?,25?,26?/m1/s1. The van der Waals surface area contributed by atoms with E-state index in [4.69, 9.17) is 18.9 Å². The average molecular weight is 457 g/mol. The van der Waals surface area contributed by atoms with Crippen LogP contribution >= 0.6 is 0 Å². The van der Waals surface area contributed by atoms with E-state index in [0.29, 0.717) is 32.2 Å². The van der Waals surface area contributed by atoms with Crippen LogP contribution in [0, 0.1) is 34.0 Å². The summed E-state index contributed by atoms with van der Waals surface area (Å²) in [6.45, 7) is 6.56. The number of cyclic esters (lactones) is 1. The molecule has 2 spiro atoms. The highest BCUT2D eigenvalue weighted by Crippen LogP contribution is 2.70. The predicted molar refractivity (Wildman–Crippen MR) is 120 cm³/mol. The van der Waals surface area contributed by atoms with E-state index in [0.717, 1.165) is 44.9 Å². The van der Waals surface area contributed by atoms with E-state index in [1.165, 1.54) is 18.3 Å². The molecule has 2 aliphatic heterocycles. The zero-order valence-electron chi connectivity index (χ0n) is 20.1. The molecule has 6 rings (SSSR count). The van der Waals surface area contributed by atoms with Crippen molar-refractivity contribution in [3.63, 3.8) is 0 Å². The molecular formula is C27H36O6. The van der Waals surface area contributed by atoms with Crippen molar-refractivity contribution in [3.8, 4) is 0 Å². The van der Waals surface area contributed by atoms with Gasteiger partial charge in [0.05, 0.1) is 32.8 Å². The number of allylic oxidation sites excluding steroid dienone is 2. The lowest BCUT2D eigenvalue weighted by molar-refractivity contribution is -0.177. The van der Waals surface area contributed by atoms with Crippen LogP contribution in [0.25, 0.3) is 0 Å². The van der Waals surface area contributed by atoms with Gasteiger partial charge in [-0.25, -0.2) is 0 Å². The quantitative estimate of drug-likeness (QED) is 0.432. The minimum atomic E-state index is -0.522. The van der Waals surface area contributed by atoms with Crippen LogP contribution in [0.15, 0.2) is 23.3 Å². The molecule has 33 heavy (non-hydrogen) atoms. The molecule has 2 heterocycles. The summed E-state index contributed by atoms with van der Waals surface area (Å²) in [4.78, 5) is 25.0. The van der Waals surface area contributed by atoms with Gasteiger partial charge in [0.1, 0.15) is 0 Å². The Morgan fingerprint density at radius 1 is 1.12 bits per heavy atom. The first-order chi connectivity index (χ1) is 15.8. The first-order valence-corrected chi connectivity index (χ1v) is 12.7. The number of ether oxygens (including phenoxy) is 4. The van der Waals surface area contributed by atoms with Gasteiger partial charge in [-0.3, -0.25) is 9.59 Å². The van der Waals surface area contributed by atoms with Gasteiger partial charge >= 0.3 is 11.9 Å². The number of methoxy groups -OCH3 is 1. The van der Waals surface area contributed by atoms with Gasteiger partial charge in [-0.1, -0.05) is 37.1 Å². The first kappa shape index (κ1) is 21.8. The number of hydrogen-bond donors (Lipinski definition) is 0. The van der Waals surface area contributed by atoms with Gasteiger partial charge in [0.2, 0.25) is 0 Å². The van der Waals surface area contributed by atoms with Crippen molar-refractivity contribution in [1.82, 2.24) is 0 Å². The molecule has 0 aromatic carbocycles. The van der Waals surface area contributed by atoms with Gasteiger partial charge < -0.3 is 18.9 Å². The van der Waals surface area contributed by atoms with Gasteiger partial charge in [-0.05, 0) is 43.4 Å². The van der Waals surface area contributed by atoms with Crippen LogP contribution in [0.3, 0.4) is 0 Å². The maximum Gasteiger partial charge on any atom is 0.313 e. The number of fused-ring (bicyclic) bond motifs is 6. The monoisotopic (exact) mass is 456 g/mol. The molecule has 6 heteroatoms. The highest BCUT2D eigenvalue weighted by Gasteiger charge is 2.65. The molecule has 0 N–H and O–H groups in total. The number of carbonyl (C=O) groups is 2. The number of hydrogen-bond acceptors (Lipinski definition) is 6. The second-order valence-corrected chi connectivity index (χ2v) is 11.8. The highest BCUT2D eigenvalue weighted by molar-refractivity contribution is 5.77. The predicted octanol–water partition coefficient (Wildman–Crippen LogP) is 4.33. The Balaban J connectivity index is 1.42. The van der Waals surface area contributed by atoms with Crippen LogP contribution in [0.2, 0.25) is 0 Å². The Hall–Kier alpha value is -1.66. The van der Waals surface area contributed by atoms with Gasteiger partial charge in [0, 0.05) is 36.0 Å². The molecule has 0 amide bonds. The van der Waals surface area contributed by atoms with E-state index in [2.05, 4.69) is 26.0 Å². The molecule has 6 nitrogen and oxygen atoms in total. The lowest BCUT2D eigenvalue weighted by Crippen LogP contribution is -2.54. The van der Waals surface area contributed by atoms with Crippen LogP contribution in [-0.4, -0.2) is 44.7 Å². The molecule has 180 valence electrons. The molecule has 4 aliphatic carbocycles. The van der Waals surface area contributed by atoms with E-state index in [9.17, 15) is 9.59 Å².